The second kappa shape index (κ2) is 4.85. The summed E-state index contributed by atoms with van der Waals surface area (Å²) in [5.74, 6) is -0.206. The van der Waals surface area contributed by atoms with E-state index < -0.39 is 5.54 Å². The van der Waals surface area contributed by atoms with Crippen molar-refractivity contribution in [3.63, 3.8) is 0 Å². The van der Waals surface area contributed by atoms with Gasteiger partial charge in [-0.1, -0.05) is 31.5 Å². The molecule has 0 saturated carbocycles. The Morgan fingerprint density at radius 1 is 1.26 bits per heavy atom. The maximum absolute atomic E-state index is 12.5. The van der Waals surface area contributed by atoms with E-state index >= 15 is 0 Å². The maximum atomic E-state index is 12.5. The summed E-state index contributed by atoms with van der Waals surface area (Å²) in [4.78, 5) is 25.7. The minimum atomic E-state index is -0.783. The van der Waals surface area contributed by atoms with Gasteiger partial charge in [0.2, 0.25) is 0 Å². The average Bonchev–Trinajstić information content (AvgIpc) is 2.65. The smallest absolute Gasteiger partial charge is 0.323 e. The lowest BCUT2D eigenvalue weighted by molar-refractivity contribution is -0.122. The van der Waals surface area contributed by atoms with Gasteiger partial charge in [0.25, 0.3) is 5.91 Å². The van der Waals surface area contributed by atoms with Crippen molar-refractivity contribution in [2.75, 3.05) is 4.90 Å². The van der Waals surface area contributed by atoms with Gasteiger partial charge in [0.15, 0.2) is 0 Å². The number of carbonyl (C=O) groups excluding carboxylic acids is 2. The van der Waals surface area contributed by atoms with Crippen LogP contribution < -0.4 is 10.2 Å². The lowest BCUT2D eigenvalue weighted by Gasteiger charge is -2.23. The van der Waals surface area contributed by atoms with Crippen LogP contribution in [0.3, 0.4) is 0 Å². The van der Waals surface area contributed by atoms with Gasteiger partial charge in [0.1, 0.15) is 5.54 Å². The minimum Gasteiger partial charge on any atom is -0.323 e. The van der Waals surface area contributed by atoms with Crippen molar-refractivity contribution in [2.45, 2.75) is 39.2 Å². The molecule has 1 fully saturated rings. The van der Waals surface area contributed by atoms with Crippen LogP contribution in [0.5, 0.6) is 0 Å². The fourth-order valence-electron chi connectivity index (χ4n) is 2.30. The van der Waals surface area contributed by atoms with Crippen LogP contribution in [0.15, 0.2) is 18.2 Å². The van der Waals surface area contributed by atoms with E-state index in [9.17, 15) is 9.59 Å². The number of nitrogens with zero attached hydrogens (tertiary/aromatic N) is 1. The molecule has 0 radical (unpaired) electrons. The van der Waals surface area contributed by atoms with Crippen LogP contribution in [0, 0.1) is 6.92 Å². The first-order valence-corrected chi connectivity index (χ1v) is 6.76. The highest BCUT2D eigenvalue weighted by Gasteiger charge is 2.49. The number of rotatable bonds is 3. The first-order valence-electron chi connectivity index (χ1n) is 6.38. The van der Waals surface area contributed by atoms with E-state index in [1.807, 2.05) is 20.8 Å². The molecule has 1 aliphatic heterocycles. The number of benzene rings is 1. The highest BCUT2D eigenvalue weighted by atomic mass is 35.5. The van der Waals surface area contributed by atoms with Crippen molar-refractivity contribution in [1.29, 1.82) is 0 Å². The second-order valence-electron chi connectivity index (χ2n) is 4.79. The summed E-state index contributed by atoms with van der Waals surface area (Å²) in [5.41, 5.74) is 0.644. The summed E-state index contributed by atoms with van der Waals surface area (Å²) < 4.78 is 0. The predicted molar refractivity (Wildman–Crippen MR) is 75.5 cm³/mol. The quantitative estimate of drug-likeness (QED) is 0.864. The molecule has 1 N–H and O–H groups in total. The number of urea groups is 1. The number of aryl methyl sites for hydroxylation is 1. The van der Waals surface area contributed by atoms with Gasteiger partial charge in [-0.25, -0.2) is 9.69 Å². The second-order valence-corrected chi connectivity index (χ2v) is 5.20. The van der Waals surface area contributed by atoms with Gasteiger partial charge in [0, 0.05) is 5.02 Å². The molecule has 102 valence electrons. The third-order valence-corrected chi connectivity index (χ3v) is 4.19. The van der Waals surface area contributed by atoms with Crippen molar-refractivity contribution < 1.29 is 9.59 Å². The Labute approximate surface area is 117 Å². The topological polar surface area (TPSA) is 49.4 Å². The fourth-order valence-corrected chi connectivity index (χ4v) is 2.48. The van der Waals surface area contributed by atoms with E-state index in [0.29, 0.717) is 23.6 Å². The summed E-state index contributed by atoms with van der Waals surface area (Å²) in [7, 11) is 0. The number of anilines is 1. The molecule has 0 aliphatic carbocycles. The van der Waals surface area contributed by atoms with Crippen molar-refractivity contribution >= 4 is 29.2 Å². The monoisotopic (exact) mass is 280 g/mol. The standard InChI is InChI=1S/C14H17ClN2O2/c1-4-14(5-2)12(18)17(13(19)16-14)10-7-6-9(3)11(15)8-10/h6-8H,4-5H2,1-3H3,(H,16,19). The van der Waals surface area contributed by atoms with E-state index in [1.54, 1.807) is 18.2 Å². The van der Waals surface area contributed by atoms with E-state index in [0.717, 1.165) is 5.56 Å². The molecular weight excluding hydrogens is 264 g/mol. The van der Waals surface area contributed by atoms with Gasteiger partial charge in [-0.3, -0.25) is 4.79 Å². The summed E-state index contributed by atoms with van der Waals surface area (Å²) in [6.45, 7) is 5.67. The SMILES string of the molecule is CCC1(CC)NC(=O)N(c2ccc(C)c(Cl)c2)C1=O. The number of hydrogen-bond donors (Lipinski definition) is 1. The third kappa shape index (κ3) is 2.10. The minimum absolute atomic E-state index is 0.206. The maximum Gasteiger partial charge on any atom is 0.329 e. The largest absolute Gasteiger partial charge is 0.329 e. The predicted octanol–water partition coefficient (Wildman–Crippen LogP) is 3.26. The number of hydrogen-bond acceptors (Lipinski definition) is 2. The Hall–Kier alpha value is -1.55. The molecule has 1 saturated heterocycles. The lowest BCUT2D eigenvalue weighted by atomic mass is 9.93. The molecule has 19 heavy (non-hydrogen) atoms. The summed E-state index contributed by atoms with van der Waals surface area (Å²) >= 11 is 6.06. The molecule has 0 bridgehead atoms. The Morgan fingerprint density at radius 2 is 1.89 bits per heavy atom. The first-order chi connectivity index (χ1) is 8.95. The van der Waals surface area contributed by atoms with Gasteiger partial charge < -0.3 is 5.32 Å². The number of imide groups is 1. The molecule has 0 spiro atoms. The van der Waals surface area contributed by atoms with Crippen LogP contribution in [0.2, 0.25) is 5.02 Å². The normalized spacial score (nSPS) is 17.8. The van der Waals surface area contributed by atoms with Crippen LogP contribution in [-0.2, 0) is 4.79 Å². The Kier molecular flexibility index (Phi) is 3.54. The van der Waals surface area contributed by atoms with Crippen LogP contribution in [0.4, 0.5) is 10.5 Å². The molecular formula is C14H17ClN2O2. The third-order valence-electron chi connectivity index (χ3n) is 3.78. The van der Waals surface area contributed by atoms with E-state index in [-0.39, 0.29) is 11.9 Å². The van der Waals surface area contributed by atoms with Gasteiger partial charge in [-0.05, 0) is 37.5 Å². The molecule has 4 nitrogen and oxygen atoms in total. The number of amides is 3. The van der Waals surface area contributed by atoms with Crippen LogP contribution >= 0.6 is 11.6 Å². The number of halogens is 1. The molecule has 1 aromatic carbocycles. The zero-order chi connectivity index (χ0) is 14.2. The van der Waals surface area contributed by atoms with Gasteiger partial charge in [0.05, 0.1) is 5.69 Å². The Balaban J connectivity index is 2.43. The molecule has 5 heteroatoms. The molecule has 2 rings (SSSR count). The fraction of sp³-hybridized carbons (Fsp3) is 0.429. The van der Waals surface area contributed by atoms with Crippen LogP contribution in [-0.4, -0.2) is 17.5 Å². The van der Waals surface area contributed by atoms with Gasteiger partial charge in [-0.2, -0.15) is 0 Å². The summed E-state index contributed by atoms with van der Waals surface area (Å²) in [6.07, 6.45) is 1.15. The van der Waals surface area contributed by atoms with Crippen molar-refractivity contribution in [3.05, 3.63) is 28.8 Å². The average molecular weight is 281 g/mol. The van der Waals surface area contributed by atoms with Gasteiger partial charge in [-0.15, -0.1) is 0 Å². The molecule has 0 aromatic heterocycles. The molecule has 3 amide bonds. The van der Waals surface area contributed by atoms with E-state index in [1.165, 1.54) is 4.90 Å². The lowest BCUT2D eigenvalue weighted by Crippen LogP contribution is -2.45. The van der Waals surface area contributed by atoms with E-state index in [2.05, 4.69) is 5.32 Å². The number of nitrogens with one attached hydrogen (secondary N) is 1. The van der Waals surface area contributed by atoms with Crippen molar-refractivity contribution in [3.8, 4) is 0 Å². The zero-order valence-electron chi connectivity index (χ0n) is 11.3. The summed E-state index contributed by atoms with van der Waals surface area (Å²) in [6, 6.07) is 4.81. The van der Waals surface area contributed by atoms with Crippen LogP contribution in [0.1, 0.15) is 32.3 Å². The van der Waals surface area contributed by atoms with Gasteiger partial charge >= 0.3 is 6.03 Å². The number of carbonyl (C=O) groups is 2. The highest BCUT2D eigenvalue weighted by molar-refractivity contribution is 6.32. The molecule has 0 atom stereocenters. The van der Waals surface area contributed by atoms with Crippen molar-refractivity contribution in [2.24, 2.45) is 0 Å². The molecule has 1 aliphatic rings. The molecule has 1 aromatic rings. The first kappa shape index (κ1) is 13.9. The molecule has 1 heterocycles. The summed E-state index contributed by atoms with van der Waals surface area (Å²) in [5, 5.41) is 3.34. The Bertz CT molecular complexity index is 538. The highest BCUT2D eigenvalue weighted by Crippen LogP contribution is 2.31. The molecule has 0 unspecified atom stereocenters. The Morgan fingerprint density at radius 3 is 2.37 bits per heavy atom. The zero-order valence-corrected chi connectivity index (χ0v) is 12.0. The van der Waals surface area contributed by atoms with E-state index in [4.69, 9.17) is 11.6 Å². The van der Waals surface area contributed by atoms with Crippen molar-refractivity contribution in [1.82, 2.24) is 5.32 Å². The van der Waals surface area contributed by atoms with Crippen LogP contribution in [0.25, 0.3) is 0 Å².